The van der Waals surface area contributed by atoms with Crippen LogP contribution in [-0.4, -0.2) is 16.7 Å². The fourth-order valence-electron chi connectivity index (χ4n) is 1.06. The van der Waals surface area contributed by atoms with Crippen LogP contribution in [0.5, 0.6) is 0 Å². The zero-order valence-electron chi connectivity index (χ0n) is 15.0. The summed E-state index contributed by atoms with van der Waals surface area (Å²) in [5, 5.41) is 0. The molecule has 0 aliphatic heterocycles. The minimum atomic E-state index is -0.154. The maximum atomic E-state index is 10.8. The molecule has 0 amide bonds. The van der Waals surface area contributed by atoms with Crippen molar-refractivity contribution in [3.8, 4) is 0 Å². The minimum absolute atomic E-state index is 0.154. The van der Waals surface area contributed by atoms with Gasteiger partial charge in [0.05, 0.1) is 0 Å². The lowest BCUT2D eigenvalue weighted by molar-refractivity contribution is -0.144. The van der Waals surface area contributed by atoms with Crippen LogP contribution in [0.1, 0.15) is 59.4 Å². The van der Waals surface area contributed by atoms with Gasteiger partial charge >= 0.3 is 5.97 Å². The molecule has 0 heterocycles. The molecule has 0 saturated carbocycles. The Kier molecular flexibility index (Phi) is 19.5. The van der Waals surface area contributed by atoms with Crippen molar-refractivity contribution in [2.24, 2.45) is 10.3 Å². The number of ether oxygens (including phenoxy) is 1. The standard InChI is InChI=1S/C10H12O2.C4H9NOS.C4H10/c1-2-10(11)12-8-9-6-4-3-5-7-9;1-2-3-4-5-7-6;1-4(2)3/h3-7H,2,8H2,1H3;4,6H,2-3H2,1H3;4H,1-3H3/b;5-4-;. The Labute approximate surface area is 145 Å². The van der Waals surface area contributed by atoms with E-state index in [0.29, 0.717) is 25.3 Å². The Morgan fingerprint density at radius 3 is 2.26 bits per heavy atom. The molecule has 0 fully saturated rings. The van der Waals surface area contributed by atoms with Gasteiger partial charge in [0.25, 0.3) is 0 Å². The van der Waals surface area contributed by atoms with E-state index in [1.165, 1.54) is 0 Å². The average molecular weight is 342 g/mol. The molecule has 0 atom stereocenters. The van der Waals surface area contributed by atoms with Crippen molar-refractivity contribution < 1.29 is 14.1 Å². The number of carbonyl (C=O) groups is 1. The van der Waals surface area contributed by atoms with Crippen molar-refractivity contribution in [1.29, 1.82) is 0 Å². The van der Waals surface area contributed by atoms with Crippen LogP contribution in [0.3, 0.4) is 0 Å². The second kappa shape index (κ2) is 18.7. The van der Waals surface area contributed by atoms with E-state index in [1.807, 2.05) is 30.3 Å². The van der Waals surface area contributed by atoms with Gasteiger partial charge < -0.3 is 9.29 Å². The van der Waals surface area contributed by atoms with Gasteiger partial charge in [0.15, 0.2) is 0 Å². The predicted octanol–water partition coefficient (Wildman–Crippen LogP) is 5.78. The third-order valence-electron chi connectivity index (χ3n) is 2.07. The first kappa shape index (κ1) is 23.9. The van der Waals surface area contributed by atoms with Crippen molar-refractivity contribution in [2.45, 2.75) is 60.5 Å². The summed E-state index contributed by atoms with van der Waals surface area (Å²) in [7, 11) is 0. The quantitative estimate of drug-likeness (QED) is 0.308. The summed E-state index contributed by atoms with van der Waals surface area (Å²) in [6, 6.07) is 9.65. The topological polar surface area (TPSA) is 58.9 Å². The molecular formula is C18H31NO3S. The molecule has 1 aromatic carbocycles. The van der Waals surface area contributed by atoms with Crippen LogP contribution < -0.4 is 0 Å². The van der Waals surface area contributed by atoms with Gasteiger partial charge in [-0.15, -0.1) is 0 Å². The normalized spacial score (nSPS) is 9.70. The zero-order chi connectivity index (χ0) is 17.9. The van der Waals surface area contributed by atoms with Crippen molar-refractivity contribution in [3.63, 3.8) is 0 Å². The van der Waals surface area contributed by atoms with Crippen LogP contribution in [0, 0.1) is 5.92 Å². The largest absolute Gasteiger partial charge is 0.461 e. The van der Waals surface area contributed by atoms with Crippen LogP contribution in [0.25, 0.3) is 0 Å². The highest BCUT2D eigenvalue weighted by Crippen LogP contribution is 2.01. The average Bonchev–Trinajstić information content (AvgIpc) is 2.54. The third-order valence-corrected chi connectivity index (χ3v) is 2.31. The van der Waals surface area contributed by atoms with E-state index in [1.54, 1.807) is 13.1 Å². The highest BCUT2D eigenvalue weighted by atomic mass is 32.2. The van der Waals surface area contributed by atoms with E-state index in [4.69, 9.17) is 9.29 Å². The number of nitrogens with zero attached hydrogens (tertiary/aromatic N) is 1. The molecule has 5 heteroatoms. The Bertz CT molecular complexity index is 392. The molecule has 0 spiro atoms. The van der Waals surface area contributed by atoms with Gasteiger partial charge in [0.1, 0.15) is 18.8 Å². The maximum absolute atomic E-state index is 10.8. The Balaban J connectivity index is 0. The molecule has 1 aromatic rings. The number of rotatable bonds is 6. The lowest BCUT2D eigenvalue weighted by atomic mass is 10.2. The second-order valence-electron chi connectivity index (χ2n) is 5.39. The number of benzene rings is 1. The Morgan fingerprint density at radius 2 is 1.83 bits per heavy atom. The molecule has 132 valence electrons. The first-order valence-electron chi connectivity index (χ1n) is 7.99. The molecule has 0 unspecified atom stereocenters. The number of unbranched alkanes of at least 4 members (excludes halogenated alkanes) is 1. The summed E-state index contributed by atoms with van der Waals surface area (Å²) in [5.41, 5.74) is 1.03. The van der Waals surface area contributed by atoms with E-state index >= 15 is 0 Å². The smallest absolute Gasteiger partial charge is 0.305 e. The fraction of sp³-hybridized carbons (Fsp3) is 0.556. The summed E-state index contributed by atoms with van der Waals surface area (Å²) in [4.78, 5) is 10.8. The number of esters is 1. The van der Waals surface area contributed by atoms with E-state index in [-0.39, 0.29) is 5.97 Å². The molecule has 1 rings (SSSR count). The minimum Gasteiger partial charge on any atom is -0.461 e. The van der Waals surface area contributed by atoms with Gasteiger partial charge in [-0.25, -0.2) is 4.40 Å². The zero-order valence-corrected chi connectivity index (χ0v) is 15.8. The number of carbonyl (C=O) groups excluding carboxylic acids is 1. The number of hydrogen-bond acceptors (Lipinski definition) is 5. The van der Waals surface area contributed by atoms with E-state index in [0.717, 1.165) is 24.3 Å². The highest BCUT2D eigenvalue weighted by molar-refractivity contribution is 7.92. The van der Waals surface area contributed by atoms with Gasteiger partial charge in [-0.3, -0.25) is 4.79 Å². The Hall–Kier alpha value is -1.33. The van der Waals surface area contributed by atoms with Crippen LogP contribution in [-0.2, 0) is 16.1 Å². The van der Waals surface area contributed by atoms with Crippen LogP contribution in [0.2, 0.25) is 0 Å². The monoisotopic (exact) mass is 341 g/mol. The van der Waals surface area contributed by atoms with E-state index in [2.05, 4.69) is 32.1 Å². The molecule has 0 aromatic heterocycles. The summed E-state index contributed by atoms with van der Waals surface area (Å²) in [6.45, 7) is 10.7. The SMILES string of the molecule is CC(C)C.CCC(=O)OCc1ccccc1.CCC/C=N\SO. The van der Waals surface area contributed by atoms with E-state index in [9.17, 15) is 4.79 Å². The summed E-state index contributed by atoms with van der Waals surface area (Å²) in [5.74, 6) is 0.679. The third kappa shape index (κ3) is 23.1. The van der Waals surface area contributed by atoms with Crippen LogP contribution in [0.4, 0.5) is 0 Å². The molecule has 0 radical (unpaired) electrons. The molecule has 4 nitrogen and oxygen atoms in total. The lowest BCUT2D eigenvalue weighted by Gasteiger charge is -2.01. The van der Waals surface area contributed by atoms with Gasteiger partial charge in [0, 0.05) is 12.6 Å². The fourth-order valence-corrected chi connectivity index (χ4v) is 1.23. The van der Waals surface area contributed by atoms with Gasteiger partial charge in [-0.2, -0.15) is 0 Å². The summed E-state index contributed by atoms with van der Waals surface area (Å²) in [6.07, 6.45) is 4.18. The highest BCUT2D eigenvalue weighted by Gasteiger charge is 1.97. The Morgan fingerprint density at radius 1 is 1.26 bits per heavy atom. The predicted molar refractivity (Wildman–Crippen MR) is 101 cm³/mol. The summed E-state index contributed by atoms with van der Waals surface area (Å²) < 4.78 is 16.5. The molecular weight excluding hydrogens is 310 g/mol. The van der Waals surface area contributed by atoms with Crippen molar-refractivity contribution >= 4 is 24.4 Å². The molecule has 0 aliphatic rings. The maximum Gasteiger partial charge on any atom is 0.305 e. The van der Waals surface area contributed by atoms with Crippen molar-refractivity contribution in [3.05, 3.63) is 35.9 Å². The number of hydrogen-bond donors (Lipinski definition) is 1. The first-order valence-corrected chi connectivity index (χ1v) is 8.72. The lowest BCUT2D eigenvalue weighted by Crippen LogP contribution is -2.01. The molecule has 0 saturated heterocycles. The van der Waals surface area contributed by atoms with Crippen molar-refractivity contribution in [2.75, 3.05) is 0 Å². The van der Waals surface area contributed by atoms with Gasteiger partial charge in [-0.05, 0) is 17.9 Å². The first-order chi connectivity index (χ1) is 11.0. The molecule has 0 aliphatic carbocycles. The molecule has 23 heavy (non-hydrogen) atoms. The van der Waals surface area contributed by atoms with Crippen LogP contribution in [0.15, 0.2) is 34.7 Å². The molecule has 1 N–H and O–H groups in total. The van der Waals surface area contributed by atoms with Gasteiger partial charge in [0.2, 0.25) is 0 Å². The van der Waals surface area contributed by atoms with Crippen molar-refractivity contribution in [1.82, 2.24) is 0 Å². The second-order valence-corrected chi connectivity index (χ2v) is 5.76. The molecule has 0 bridgehead atoms. The van der Waals surface area contributed by atoms with Gasteiger partial charge in [-0.1, -0.05) is 71.4 Å². The summed E-state index contributed by atoms with van der Waals surface area (Å²) >= 11 is 0.511. The van der Waals surface area contributed by atoms with E-state index < -0.39 is 0 Å². The van der Waals surface area contributed by atoms with Crippen LogP contribution >= 0.6 is 12.2 Å².